The van der Waals surface area contributed by atoms with Crippen molar-refractivity contribution >= 4 is 23.2 Å². The zero-order valence-electron chi connectivity index (χ0n) is 11.4. The van der Waals surface area contributed by atoms with Gasteiger partial charge in [0, 0.05) is 22.0 Å². The third kappa shape index (κ3) is 2.46. The van der Waals surface area contributed by atoms with Crippen molar-refractivity contribution in [2.45, 2.75) is 24.8 Å². The van der Waals surface area contributed by atoms with E-state index in [-0.39, 0.29) is 0 Å². The van der Waals surface area contributed by atoms with Crippen LogP contribution in [0.15, 0.2) is 42.5 Å². The van der Waals surface area contributed by atoms with Gasteiger partial charge in [-0.15, -0.1) is 0 Å². The van der Waals surface area contributed by atoms with E-state index in [1.165, 1.54) is 16.7 Å². The Morgan fingerprint density at radius 1 is 0.950 bits per heavy atom. The molecule has 0 saturated carbocycles. The second-order valence-corrected chi connectivity index (χ2v) is 6.11. The standard InChI is InChI=1S/C17H17Cl2N/c1-20-17-9-8-13(12-4-2-3-5-15(12)17)14-7-6-11(18)10-16(14)19/h2-7,10,13,17,20H,8-9H2,1H3/t13?,17-/m1/s1. The van der Waals surface area contributed by atoms with Gasteiger partial charge in [0.15, 0.2) is 0 Å². The monoisotopic (exact) mass is 305 g/mol. The fourth-order valence-corrected chi connectivity index (χ4v) is 3.74. The van der Waals surface area contributed by atoms with Gasteiger partial charge in [0.05, 0.1) is 0 Å². The highest BCUT2D eigenvalue weighted by Gasteiger charge is 2.28. The van der Waals surface area contributed by atoms with Gasteiger partial charge in [-0.3, -0.25) is 0 Å². The second-order valence-electron chi connectivity index (χ2n) is 5.27. The van der Waals surface area contributed by atoms with Crippen LogP contribution in [0.1, 0.15) is 41.5 Å². The fourth-order valence-electron chi connectivity index (χ4n) is 3.20. The average molecular weight is 306 g/mol. The van der Waals surface area contributed by atoms with Gasteiger partial charge in [-0.05, 0) is 48.7 Å². The summed E-state index contributed by atoms with van der Waals surface area (Å²) >= 11 is 12.4. The predicted octanol–water partition coefficient (Wildman–Crippen LogP) is 5.18. The number of fused-ring (bicyclic) bond motifs is 1. The Balaban J connectivity index is 2.07. The Hall–Kier alpha value is -1.02. The molecule has 1 aliphatic carbocycles. The van der Waals surface area contributed by atoms with Crippen molar-refractivity contribution in [1.82, 2.24) is 5.32 Å². The summed E-state index contributed by atoms with van der Waals surface area (Å²) in [6, 6.07) is 14.9. The normalized spacial score (nSPS) is 21.6. The minimum Gasteiger partial charge on any atom is -0.313 e. The first-order valence-corrected chi connectivity index (χ1v) is 7.67. The number of hydrogen-bond donors (Lipinski definition) is 1. The summed E-state index contributed by atoms with van der Waals surface area (Å²) in [6.07, 6.45) is 2.22. The summed E-state index contributed by atoms with van der Waals surface area (Å²) in [4.78, 5) is 0. The molecule has 2 aromatic rings. The Bertz CT molecular complexity index is 624. The van der Waals surface area contributed by atoms with Crippen molar-refractivity contribution in [3.63, 3.8) is 0 Å². The zero-order valence-corrected chi connectivity index (χ0v) is 12.9. The molecule has 1 aliphatic rings. The van der Waals surface area contributed by atoms with Gasteiger partial charge in [-0.2, -0.15) is 0 Å². The van der Waals surface area contributed by atoms with Gasteiger partial charge in [0.1, 0.15) is 0 Å². The van der Waals surface area contributed by atoms with Gasteiger partial charge in [-0.25, -0.2) is 0 Å². The molecular weight excluding hydrogens is 289 g/mol. The Labute approximate surface area is 129 Å². The SMILES string of the molecule is CN[C@@H]1CCC(c2ccc(Cl)cc2Cl)c2ccccc21. The van der Waals surface area contributed by atoms with Crippen LogP contribution in [-0.4, -0.2) is 7.05 Å². The number of rotatable bonds is 2. The molecular formula is C17H17Cl2N. The van der Waals surface area contributed by atoms with Crippen LogP contribution in [0, 0.1) is 0 Å². The van der Waals surface area contributed by atoms with E-state index in [2.05, 4.69) is 35.6 Å². The molecule has 0 aromatic heterocycles. The lowest BCUT2D eigenvalue weighted by Crippen LogP contribution is -2.24. The maximum atomic E-state index is 6.40. The highest BCUT2D eigenvalue weighted by atomic mass is 35.5. The minimum absolute atomic E-state index is 0.362. The molecule has 3 heteroatoms. The van der Waals surface area contributed by atoms with Crippen LogP contribution >= 0.6 is 23.2 Å². The van der Waals surface area contributed by atoms with E-state index in [1.54, 1.807) is 0 Å². The summed E-state index contributed by atoms with van der Waals surface area (Å²) in [5, 5.41) is 4.86. The van der Waals surface area contributed by atoms with Crippen LogP contribution in [0.2, 0.25) is 10.0 Å². The van der Waals surface area contributed by atoms with Gasteiger partial charge in [0.2, 0.25) is 0 Å². The maximum absolute atomic E-state index is 6.40. The van der Waals surface area contributed by atoms with Gasteiger partial charge in [0.25, 0.3) is 0 Å². The van der Waals surface area contributed by atoms with E-state index in [0.29, 0.717) is 17.0 Å². The van der Waals surface area contributed by atoms with Crippen molar-refractivity contribution in [3.05, 3.63) is 69.2 Å². The highest BCUT2D eigenvalue weighted by Crippen LogP contribution is 2.43. The highest BCUT2D eigenvalue weighted by molar-refractivity contribution is 6.35. The molecule has 104 valence electrons. The number of hydrogen-bond acceptors (Lipinski definition) is 1. The molecule has 2 aromatic carbocycles. The van der Waals surface area contributed by atoms with Gasteiger partial charge >= 0.3 is 0 Å². The second kappa shape index (κ2) is 5.77. The Morgan fingerprint density at radius 3 is 2.40 bits per heavy atom. The molecule has 1 nitrogen and oxygen atoms in total. The smallest absolute Gasteiger partial charge is 0.0459 e. The molecule has 0 heterocycles. The molecule has 0 amide bonds. The van der Waals surface area contributed by atoms with Crippen LogP contribution in [0.3, 0.4) is 0 Å². The van der Waals surface area contributed by atoms with Crippen LogP contribution in [-0.2, 0) is 0 Å². The molecule has 0 aliphatic heterocycles. The third-order valence-corrected chi connectivity index (χ3v) is 4.74. The quantitative estimate of drug-likeness (QED) is 0.806. The van der Waals surface area contributed by atoms with Crippen molar-refractivity contribution in [3.8, 4) is 0 Å². The van der Waals surface area contributed by atoms with Crippen molar-refractivity contribution in [2.75, 3.05) is 7.05 Å². The van der Waals surface area contributed by atoms with Crippen LogP contribution in [0.5, 0.6) is 0 Å². The first kappa shape index (κ1) is 13.9. The number of nitrogens with one attached hydrogen (secondary N) is 1. The largest absolute Gasteiger partial charge is 0.313 e. The Kier molecular flexibility index (Phi) is 4.02. The van der Waals surface area contributed by atoms with E-state index in [0.717, 1.165) is 17.9 Å². The van der Waals surface area contributed by atoms with Gasteiger partial charge < -0.3 is 5.32 Å². The summed E-state index contributed by atoms with van der Waals surface area (Å²) in [7, 11) is 2.02. The lowest BCUT2D eigenvalue weighted by Gasteiger charge is -2.32. The van der Waals surface area contributed by atoms with E-state index >= 15 is 0 Å². The summed E-state index contributed by atoms with van der Waals surface area (Å²) in [5.74, 6) is 0.362. The van der Waals surface area contributed by atoms with E-state index in [9.17, 15) is 0 Å². The molecule has 3 rings (SSSR count). The van der Waals surface area contributed by atoms with Crippen molar-refractivity contribution < 1.29 is 0 Å². The first-order valence-electron chi connectivity index (χ1n) is 6.91. The lowest BCUT2D eigenvalue weighted by atomic mass is 9.77. The molecule has 0 fully saturated rings. The molecule has 0 saturated heterocycles. The number of benzene rings is 2. The van der Waals surface area contributed by atoms with Crippen LogP contribution < -0.4 is 5.32 Å². The predicted molar refractivity (Wildman–Crippen MR) is 85.8 cm³/mol. The number of halogens is 2. The lowest BCUT2D eigenvalue weighted by molar-refractivity contribution is 0.471. The summed E-state index contributed by atoms with van der Waals surface area (Å²) < 4.78 is 0. The van der Waals surface area contributed by atoms with Crippen molar-refractivity contribution in [1.29, 1.82) is 0 Å². The van der Waals surface area contributed by atoms with E-state index in [1.807, 2.05) is 19.2 Å². The molecule has 20 heavy (non-hydrogen) atoms. The van der Waals surface area contributed by atoms with E-state index < -0.39 is 0 Å². The fraction of sp³-hybridized carbons (Fsp3) is 0.294. The minimum atomic E-state index is 0.362. The average Bonchev–Trinajstić information content (AvgIpc) is 2.47. The topological polar surface area (TPSA) is 12.0 Å². The molecule has 0 bridgehead atoms. The molecule has 2 atom stereocenters. The van der Waals surface area contributed by atoms with E-state index in [4.69, 9.17) is 23.2 Å². The zero-order chi connectivity index (χ0) is 14.1. The van der Waals surface area contributed by atoms with Crippen molar-refractivity contribution in [2.24, 2.45) is 0 Å². The van der Waals surface area contributed by atoms with Crippen LogP contribution in [0.25, 0.3) is 0 Å². The molecule has 1 N–H and O–H groups in total. The summed E-state index contributed by atoms with van der Waals surface area (Å²) in [5.41, 5.74) is 3.94. The third-order valence-electron chi connectivity index (χ3n) is 4.18. The molecule has 0 spiro atoms. The molecule has 0 radical (unpaired) electrons. The molecule has 1 unspecified atom stereocenters. The van der Waals surface area contributed by atoms with Crippen LogP contribution in [0.4, 0.5) is 0 Å². The van der Waals surface area contributed by atoms with Gasteiger partial charge in [-0.1, -0.05) is 53.5 Å². The maximum Gasteiger partial charge on any atom is 0.0459 e. The Morgan fingerprint density at radius 2 is 1.70 bits per heavy atom. The first-order chi connectivity index (χ1) is 9.70. The summed E-state index contributed by atoms with van der Waals surface area (Å²) in [6.45, 7) is 0.